The summed E-state index contributed by atoms with van der Waals surface area (Å²) in [5.41, 5.74) is 0.594. The number of aliphatic hydroxyl groups is 1. The lowest BCUT2D eigenvalue weighted by molar-refractivity contribution is 0.0674. The van der Waals surface area contributed by atoms with Crippen LogP contribution in [0.5, 0.6) is 0 Å². The Bertz CT molecular complexity index is 439. The number of likely N-dealkylation sites (tertiary alicyclic amines) is 1. The third-order valence-electron chi connectivity index (χ3n) is 3.04. The molecule has 17 heavy (non-hydrogen) atoms. The molecule has 0 aliphatic carbocycles. The van der Waals surface area contributed by atoms with Gasteiger partial charge in [0.1, 0.15) is 0 Å². The van der Waals surface area contributed by atoms with Gasteiger partial charge in [-0.05, 0) is 31.0 Å². The molecule has 1 N–H and O–H groups in total. The Labute approximate surface area is 114 Å². The number of hydrogen-bond acceptors (Lipinski definition) is 3. The van der Waals surface area contributed by atoms with E-state index in [0.717, 1.165) is 17.3 Å². The molecule has 0 spiro atoms. The van der Waals surface area contributed by atoms with Gasteiger partial charge in [-0.25, -0.2) is 0 Å². The predicted molar refractivity (Wildman–Crippen MR) is 72.5 cm³/mol. The first-order valence-corrected chi connectivity index (χ1v) is 6.78. The van der Waals surface area contributed by atoms with Crippen molar-refractivity contribution >= 4 is 34.5 Å². The van der Waals surface area contributed by atoms with Crippen molar-refractivity contribution in [1.82, 2.24) is 4.90 Å². The molecule has 0 saturated carbocycles. The Morgan fingerprint density at radius 3 is 3.00 bits per heavy atom. The fraction of sp³-hybridized carbons (Fsp3) is 0.417. The van der Waals surface area contributed by atoms with Gasteiger partial charge in [-0.3, -0.25) is 4.79 Å². The van der Waals surface area contributed by atoms with Crippen molar-refractivity contribution in [2.24, 2.45) is 0 Å². The van der Waals surface area contributed by atoms with Crippen LogP contribution in [0.2, 0.25) is 0 Å². The fourth-order valence-corrected chi connectivity index (χ4v) is 2.98. The summed E-state index contributed by atoms with van der Waals surface area (Å²) in [6, 6.07) is 5.36. The third-order valence-corrected chi connectivity index (χ3v) is 3.90. The van der Waals surface area contributed by atoms with Gasteiger partial charge in [0.05, 0.1) is 18.2 Å². The highest BCUT2D eigenvalue weighted by Crippen LogP contribution is 2.25. The van der Waals surface area contributed by atoms with E-state index in [1.54, 1.807) is 17.0 Å². The first-order chi connectivity index (χ1) is 8.13. The number of carbonyl (C=O) groups is 1. The maximum absolute atomic E-state index is 12.3. The second-order valence-electron chi connectivity index (χ2n) is 4.14. The minimum absolute atomic E-state index is 0.0319. The van der Waals surface area contributed by atoms with E-state index in [1.165, 1.54) is 0 Å². The van der Waals surface area contributed by atoms with Gasteiger partial charge in [-0.15, -0.1) is 12.6 Å². The molecular weight excluding hydrogens is 302 g/mol. The number of benzene rings is 1. The topological polar surface area (TPSA) is 40.5 Å². The molecule has 1 heterocycles. The monoisotopic (exact) mass is 315 g/mol. The molecule has 2 rings (SSSR count). The van der Waals surface area contributed by atoms with Gasteiger partial charge >= 0.3 is 0 Å². The van der Waals surface area contributed by atoms with Crippen LogP contribution in [0, 0.1) is 0 Å². The van der Waals surface area contributed by atoms with Gasteiger partial charge in [-0.1, -0.05) is 15.9 Å². The van der Waals surface area contributed by atoms with E-state index in [-0.39, 0.29) is 18.6 Å². The predicted octanol–water partition coefficient (Wildman–Crippen LogP) is 2.33. The van der Waals surface area contributed by atoms with Gasteiger partial charge in [-0.2, -0.15) is 0 Å². The van der Waals surface area contributed by atoms with Gasteiger partial charge in [0.2, 0.25) is 0 Å². The molecule has 1 saturated heterocycles. The molecule has 1 aliphatic heterocycles. The molecule has 1 atom stereocenters. The zero-order chi connectivity index (χ0) is 12.4. The zero-order valence-electron chi connectivity index (χ0n) is 9.27. The molecule has 3 nitrogen and oxygen atoms in total. The van der Waals surface area contributed by atoms with Crippen LogP contribution in [0.3, 0.4) is 0 Å². The second kappa shape index (κ2) is 5.42. The molecule has 1 unspecified atom stereocenters. The molecule has 1 fully saturated rings. The second-order valence-corrected chi connectivity index (χ2v) is 5.54. The third kappa shape index (κ3) is 2.67. The number of amides is 1. The molecule has 1 amide bonds. The highest BCUT2D eigenvalue weighted by atomic mass is 79.9. The van der Waals surface area contributed by atoms with Crippen LogP contribution in [-0.2, 0) is 0 Å². The number of carbonyl (C=O) groups excluding carboxylic acids is 1. The van der Waals surface area contributed by atoms with E-state index in [1.807, 2.05) is 6.07 Å². The molecule has 1 aliphatic rings. The molecule has 5 heteroatoms. The van der Waals surface area contributed by atoms with Crippen molar-refractivity contribution in [3.05, 3.63) is 28.2 Å². The molecule has 0 aromatic heterocycles. The fourth-order valence-electron chi connectivity index (χ4n) is 2.13. The van der Waals surface area contributed by atoms with E-state index < -0.39 is 0 Å². The van der Waals surface area contributed by atoms with Gasteiger partial charge in [0, 0.05) is 15.9 Å². The van der Waals surface area contributed by atoms with Gasteiger partial charge < -0.3 is 10.0 Å². The Morgan fingerprint density at radius 2 is 2.35 bits per heavy atom. The minimum atomic E-state index is -0.0427. The van der Waals surface area contributed by atoms with Crippen molar-refractivity contribution in [2.45, 2.75) is 23.8 Å². The van der Waals surface area contributed by atoms with Gasteiger partial charge in [0.15, 0.2) is 0 Å². The highest BCUT2D eigenvalue weighted by molar-refractivity contribution is 9.10. The Morgan fingerprint density at radius 1 is 1.59 bits per heavy atom. The van der Waals surface area contributed by atoms with Crippen molar-refractivity contribution in [3.63, 3.8) is 0 Å². The largest absolute Gasteiger partial charge is 0.394 e. The summed E-state index contributed by atoms with van der Waals surface area (Å²) in [5.74, 6) is -0.0425. The van der Waals surface area contributed by atoms with Crippen LogP contribution in [0.1, 0.15) is 23.2 Å². The van der Waals surface area contributed by atoms with Crippen LogP contribution >= 0.6 is 28.6 Å². The number of aliphatic hydroxyl groups excluding tert-OH is 1. The normalized spacial score (nSPS) is 19.7. The quantitative estimate of drug-likeness (QED) is 0.822. The number of halogens is 1. The molecule has 1 aromatic carbocycles. The average molecular weight is 316 g/mol. The SMILES string of the molecule is O=C(c1ccc(Br)cc1S)N1CCCC1CO. The van der Waals surface area contributed by atoms with Crippen molar-refractivity contribution in [1.29, 1.82) is 0 Å². The number of nitrogens with zero attached hydrogens (tertiary/aromatic N) is 1. The summed E-state index contributed by atoms with van der Waals surface area (Å²) < 4.78 is 0.902. The lowest BCUT2D eigenvalue weighted by atomic mass is 10.1. The Hall–Kier alpha value is -0.520. The van der Waals surface area contributed by atoms with E-state index in [9.17, 15) is 9.90 Å². The average Bonchev–Trinajstić information content (AvgIpc) is 2.76. The first-order valence-electron chi connectivity index (χ1n) is 5.54. The summed E-state index contributed by atoms with van der Waals surface area (Å²) in [5, 5.41) is 9.23. The summed E-state index contributed by atoms with van der Waals surface area (Å²) in [7, 11) is 0. The first kappa shape index (κ1) is 12.9. The van der Waals surface area contributed by atoms with Crippen molar-refractivity contribution < 1.29 is 9.90 Å². The van der Waals surface area contributed by atoms with Crippen LogP contribution < -0.4 is 0 Å². The maximum atomic E-state index is 12.3. The van der Waals surface area contributed by atoms with E-state index in [0.29, 0.717) is 17.0 Å². The maximum Gasteiger partial charge on any atom is 0.255 e. The lowest BCUT2D eigenvalue weighted by Crippen LogP contribution is -2.37. The lowest BCUT2D eigenvalue weighted by Gasteiger charge is -2.23. The van der Waals surface area contributed by atoms with Gasteiger partial charge in [0.25, 0.3) is 5.91 Å². The Kier molecular flexibility index (Phi) is 4.12. The summed E-state index contributed by atoms with van der Waals surface area (Å²) in [6.07, 6.45) is 1.83. The summed E-state index contributed by atoms with van der Waals surface area (Å²) in [6.45, 7) is 0.748. The van der Waals surface area contributed by atoms with Crippen LogP contribution in [0.4, 0.5) is 0 Å². The van der Waals surface area contributed by atoms with Crippen molar-refractivity contribution in [3.8, 4) is 0 Å². The van der Waals surface area contributed by atoms with Crippen LogP contribution in [0.15, 0.2) is 27.6 Å². The van der Waals surface area contributed by atoms with Crippen LogP contribution in [0.25, 0.3) is 0 Å². The van der Waals surface area contributed by atoms with E-state index in [2.05, 4.69) is 28.6 Å². The van der Waals surface area contributed by atoms with Crippen molar-refractivity contribution in [2.75, 3.05) is 13.2 Å². The van der Waals surface area contributed by atoms with E-state index >= 15 is 0 Å². The molecule has 92 valence electrons. The number of rotatable bonds is 2. The Balaban J connectivity index is 2.24. The molecular formula is C12H14BrNO2S. The molecule has 0 radical (unpaired) electrons. The van der Waals surface area contributed by atoms with E-state index in [4.69, 9.17) is 0 Å². The number of hydrogen-bond donors (Lipinski definition) is 2. The summed E-state index contributed by atoms with van der Waals surface area (Å²) in [4.78, 5) is 14.7. The smallest absolute Gasteiger partial charge is 0.255 e. The minimum Gasteiger partial charge on any atom is -0.394 e. The zero-order valence-corrected chi connectivity index (χ0v) is 11.7. The molecule has 1 aromatic rings. The number of thiol groups is 1. The van der Waals surface area contributed by atoms with Crippen LogP contribution in [-0.4, -0.2) is 35.1 Å². The highest BCUT2D eigenvalue weighted by Gasteiger charge is 2.29. The standard InChI is InChI=1S/C12H14BrNO2S/c13-8-3-4-10(11(17)6-8)12(16)14-5-1-2-9(14)7-15/h3-4,6,9,15,17H,1-2,5,7H2. The summed E-state index contributed by atoms with van der Waals surface area (Å²) >= 11 is 7.66. The molecule has 0 bridgehead atoms.